The highest BCUT2D eigenvalue weighted by Crippen LogP contribution is 2.15. The highest BCUT2D eigenvalue weighted by Gasteiger charge is 2.07. The average molecular weight is 139 g/mol. The largest absolute Gasteiger partial charge is 0.313 e. The van der Waals surface area contributed by atoms with E-state index in [-0.39, 0.29) is 0 Å². The molecule has 10 heavy (non-hydrogen) atoms. The summed E-state index contributed by atoms with van der Waals surface area (Å²) in [6, 6.07) is 0. The van der Waals surface area contributed by atoms with Crippen molar-refractivity contribution in [3.63, 3.8) is 0 Å². The molecule has 0 aliphatic carbocycles. The van der Waals surface area contributed by atoms with Gasteiger partial charge in [-0.3, -0.25) is 0 Å². The Kier molecular flexibility index (Phi) is 2.94. The van der Waals surface area contributed by atoms with Gasteiger partial charge in [-0.05, 0) is 26.3 Å². The molecular formula is C9H17N. The van der Waals surface area contributed by atoms with E-state index >= 15 is 0 Å². The molecule has 1 heterocycles. The van der Waals surface area contributed by atoms with Crippen LogP contribution in [0.15, 0.2) is 11.1 Å². The quantitative estimate of drug-likeness (QED) is 0.578. The van der Waals surface area contributed by atoms with Crippen LogP contribution in [0.1, 0.15) is 33.1 Å². The van der Waals surface area contributed by atoms with Crippen molar-refractivity contribution in [1.29, 1.82) is 0 Å². The summed E-state index contributed by atoms with van der Waals surface area (Å²) < 4.78 is 0. The monoisotopic (exact) mass is 139 g/mol. The fraction of sp³-hybridized carbons (Fsp3) is 0.778. The lowest BCUT2D eigenvalue weighted by Crippen LogP contribution is -2.05. The first-order valence-electron chi connectivity index (χ1n) is 4.22. The number of hydrogen-bond donors (Lipinski definition) is 1. The number of nitrogens with one attached hydrogen (secondary N) is 1. The van der Waals surface area contributed by atoms with Crippen LogP contribution in [0.4, 0.5) is 0 Å². The molecule has 1 aliphatic heterocycles. The molecule has 0 bridgehead atoms. The summed E-state index contributed by atoms with van der Waals surface area (Å²) in [4.78, 5) is 0. The van der Waals surface area contributed by atoms with Gasteiger partial charge in [-0.25, -0.2) is 0 Å². The molecule has 1 saturated heterocycles. The number of rotatable bonds is 2. The summed E-state index contributed by atoms with van der Waals surface area (Å²) in [7, 11) is 0. The lowest BCUT2D eigenvalue weighted by atomic mass is 10.1. The highest BCUT2D eigenvalue weighted by molar-refractivity contribution is 5.16. The van der Waals surface area contributed by atoms with Crippen molar-refractivity contribution in [3.8, 4) is 0 Å². The summed E-state index contributed by atoms with van der Waals surface area (Å²) in [6.07, 6.45) is 3.86. The van der Waals surface area contributed by atoms with Crippen LogP contribution in [0, 0.1) is 0 Å². The molecule has 0 atom stereocenters. The molecule has 0 amide bonds. The number of hydrogen-bond acceptors (Lipinski definition) is 1. The number of allylic oxidation sites excluding steroid dienone is 1. The normalized spacial score (nSPS) is 23.4. The van der Waals surface area contributed by atoms with Crippen molar-refractivity contribution in [3.05, 3.63) is 11.1 Å². The second-order valence-corrected chi connectivity index (χ2v) is 3.06. The summed E-state index contributed by atoms with van der Waals surface area (Å²) >= 11 is 0. The van der Waals surface area contributed by atoms with E-state index in [1.54, 1.807) is 11.1 Å². The zero-order chi connectivity index (χ0) is 7.40. The Balaban J connectivity index is 2.46. The van der Waals surface area contributed by atoms with E-state index in [1.165, 1.54) is 25.8 Å². The second kappa shape index (κ2) is 3.77. The molecule has 1 rings (SSSR count). The molecule has 1 heteroatoms. The van der Waals surface area contributed by atoms with Gasteiger partial charge < -0.3 is 5.32 Å². The fourth-order valence-corrected chi connectivity index (χ4v) is 1.48. The predicted octanol–water partition coefficient (Wildman–Crippen LogP) is 2.10. The van der Waals surface area contributed by atoms with E-state index in [2.05, 4.69) is 19.2 Å². The fourth-order valence-electron chi connectivity index (χ4n) is 1.48. The minimum Gasteiger partial charge on any atom is -0.313 e. The van der Waals surface area contributed by atoms with Crippen LogP contribution in [-0.2, 0) is 0 Å². The molecule has 0 unspecified atom stereocenters. The average Bonchev–Trinajstić information content (AvgIpc) is 2.38. The van der Waals surface area contributed by atoms with Gasteiger partial charge in [0.1, 0.15) is 0 Å². The minimum absolute atomic E-state index is 1.14. The molecule has 0 saturated carbocycles. The van der Waals surface area contributed by atoms with Gasteiger partial charge in [0.25, 0.3) is 0 Å². The van der Waals surface area contributed by atoms with Crippen LogP contribution in [0.3, 0.4) is 0 Å². The van der Waals surface area contributed by atoms with E-state index in [0.29, 0.717) is 0 Å². The Bertz CT molecular complexity index is 128. The van der Waals surface area contributed by atoms with Crippen molar-refractivity contribution < 1.29 is 0 Å². The molecule has 1 nitrogen and oxygen atoms in total. The molecule has 58 valence electrons. The SMILES string of the molecule is CCCC(C)=C1CCNC1. The maximum atomic E-state index is 3.35. The molecule has 1 N–H and O–H groups in total. The Morgan fingerprint density at radius 3 is 2.90 bits per heavy atom. The Morgan fingerprint density at radius 2 is 2.40 bits per heavy atom. The van der Waals surface area contributed by atoms with Crippen molar-refractivity contribution in [2.75, 3.05) is 13.1 Å². The first-order chi connectivity index (χ1) is 4.84. The van der Waals surface area contributed by atoms with E-state index in [4.69, 9.17) is 0 Å². The standard InChI is InChI=1S/C9H17N/c1-3-4-8(2)9-5-6-10-7-9/h10H,3-7H2,1-2H3. The molecule has 1 fully saturated rings. The third kappa shape index (κ3) is 1.84. The zero-order valence-corrected chi connectivity index (χ0v) is 7.04. The molecule has 0 aromatic rings. The van der Waals surface area contributed by atoms with Gasteiger partial charge in [-0.15, -0.1) is 0 Å². The lowest BCUT2D eigenvalue weighted by Gasteiger charge is -2.01. The third-order valence-corrected chi connectivity index (χ3v) is 2.17. The molecule has 1 aliphatic rings. The molecular weight excluding hydrogens is 122 g/mol. The first kappa shape index (κ1) is 7.80. The third-order valence-electron chi connectivity index (χ3n) is 2.17. The van der Waals surface area contributed by atoms with Gasteiger partial charge in [0.05, 0.1) is 0 Å². The van der Waals surface area contributed by atoms with Crippen LogP contribution < -0.4 is 5.32 Å². The summed E-state index contributed by atoms with van der Waals surface area (Å²) in [5, 5.41) is 3.35. The summed E-state index contributed by atoms with van der Waals surface area (Å²) in [6.45, 7) is 6.85. The van der Waals surface area contributed by atoms with Gasteiger partial charge in [0, 0.05) is 6.54 Å². The maximum absolute atomic E-state index is 3.35. The maximum Gasteiger partial charge on any atom is 0.0167 e. The van der Waals surface area contributed by atoms with Crippen LogP contribution in [-0.4, -0.2) is 13.1 Å². The van der Waals surface area contributed by atoms with E-state index in [9.17, 15) is 0 Å². The van der Waals surface area contributed by atoms with Gasteiger partial charge in [0.2, 0.25) is 0 Å². The smallest absolute Gasteiger partial charge is 0.0167 e. The highest BCUT2D eigenvalue weighted by atomic mass is 14.9. The van der Waals surface area contributed by atoms with Crippen molar-refractivity contribution in [2.24, 2.45) is 0 Å². The van der Waals surface area contributed by atoms with Gasteiger partial charge >= 0.3 is 0 Å². The van der Waals surface area contributed by atoms with Crippen molar-refractivity contribution in [2.45, 2.75) is 33.1 Å². The Morgan fingerprint density at radius 1 is 1.60 bits per heavy atom. The molecule has 0 radical (unpaired) electrons. The predicted molar refractivity (Wildman–Crippen MR) is 45.1 cm³/mol. The lowest BCUT2D eigenvalue weighted by molar-refractivity contribution is 0.860. The van der Waals surface area contributed by atoms with Crippen LogP contribution in [0.2, 0.25) is 0 Å². The molecule has 0 spiro atoms. The summed E-state index contributed by atoms with van der Waals surface area (Å²) in [5.41, 5.74) is 3.27. The van der Waals surface area contributed by atoms with Crippen molar-refractivity contribution in [1.82, 2.24) is 5.32 Å². The van der Waals surface area contributed by atoms with Gasteiger partial charge in [-0.2, -0.15) is 0 Å². The van der Waals surface area contributed by atoms with Crippen LogP contribution in [0.25, 0.3) is 0 Å². The van der Waals surface area contributed by atoms with Crippen LogP contribution in [0.5, 0.6) is 0 Å². The molecule has 0 aromatic heterocycles. The topological polar surface area (TPSA) is 12.0 Å². The van der Waals surface area contributed by atoms with Gasteiger partial charge in [-0.1, -0.05) is 24.5 Å². The first-order valence-corrected chi connectivity index (χ1v) is 4.22. The van der Waals surface area contributed by atoms with E-state index in [0.717, 1.165) is 6.54 Å². The molecule has 0 aromatic carbocycles. The van der Waals surface area contributed by atoms with E-state index in [1.807, 2.05) is 0 Å². The van der Waals surface area contributed by atoms with Crippen molar-refractivity contribution >= 4 is 0 Å². The van der Waals surface area contributed by atoms with Crippen LogP contribution >= 0.6 is 0 Å². The second-order valence-electron chi connectivity index (χ2n) is 3.06. The Hall–Kier alpha value is -0.300. The van der Waals surface area contributed by atoms with Gasteiger partial charge in [0.15, 0.2) is 0 Å². The zero-order valence-electron chi connectivity index (χ0n) is 7.04. The van der Waals surface area contributed by atoms with E-state index < -0.39 is 0 Å². The Labute approximate surface area is 63.5 Å². The summed E-state index contributed by atoms with van der Waals surface area (Å²) in [5.74, 6) is 0. The minimum atomic E-state index is 1.14.